The number of carbonyl (C=O) groups excluding carboxylic acids is 3. The number of carbonyl (C=O) groups is 3. The Balaban J connectivity index is 2.68. The number of methoxy groups -OCH3 is 4. The molecule has 2 rings (SSSR count). The summed E-state index contributed by atoms with van der Waals surface area (Å²) >= 11 is -2.03. The molecule has 0 saturated heterocycles. The fraction of sp³-hybridized carbons (Fsp3) is 0.444. The van der Waals surface area contributed by atoms with E-state index in [1.54, 1.807) is 33.9 Å². The van der Waals surface area contributed by atoms with E-state index in [1.807, 2.05) is 13.0 Å². The Bertz CT molecular complexity index is 1110. The number of esters is 1. The molecule has 10 heteroatoms. The van der Waals surface area contributed by atoms with E-state index in [9.17, 15) is 14.4 Å². The Kier molecular flexibility index (Phi) is 10.6. The van der Waals surface area contributed by atoms with Crippen LogP contribution in [0.2, 0.25) is 0 Å². The summed E-state index contributed by atoms with van der Waals surface area (Å²) in [5.41, 5.74) is 0.961. The fourth-order valence-electron chi connectivity index (χ4n) is 3.52. The van der Waals surface area contributed by atoms with E-state index in [0.29, 0.717) is 16.4 Å². The van der Waals surface area contributed by atoms with E-state index >= 15 is 0 Å². The van der Waals surface area contributed by atoms with E-state index in [4.69, 9.17) is 23.7 Å². The average molecular weight is 629 g/mol. The summed E-state index contributed by atoms with van der Waals surface area (Å²) in [6.45, 7) is 7.01. The second kappa shape index (κ2) is 13.0. The van der Waals surface area contributed by atoms with Crippen molar-refractivity contribution in [1.29, 1.82) is 0 Å². The Hall–Kier alpha value is -3.02. The Morgan fingerprint density at radius 3 is 1.95 bits per heavy atom. The minimum absolute atomic E-state index is 0.0373. The molecule has 204 valence electrons. The maximum atomic E-state index is 13.1. The van der Waals surface area contributed by atoms with Crippen molar-refractivity contribution in [2.75, 3.05) is 33.4 Å². The van der Waals surface area contributed by atoms with Crippen molar-refractivity contribution in [3.8, 4) is 11.5 Å². The Morgan fingerprint density at radius 2 is 1.46 bits per heavy atom. The van der Waals surface area contributed by atoms with Crippen LogP contribution in [0.4, 0.5) is 9.59 Å². The predicted octanol–water partition coefficient (Wildman–Crippen LogP) is 5.28. The van der Waals surface area contributed by atoms with Crippen molar-refractivity contribution in [3.63, 3.8) is 0 Å². The Labute approximate surface area is 225 Å². The molecule has 37 heavy (non-hydrogen) atoms. The van der Waals surface area contributed by atoms with Gasteiger partial charge in [0.25, 0.3) is 0 Å². The van der Waals surface area contributed by atoms with Crippen LogP contribution in [-0.4, -0.2) is 68.1 Å². The van der Waals surface area contributed by atoms with E-state index in [1.165, 1.54) is 17.8 Å². The van der Waals surface area contributed by atoms with Gasteiger partial charge in [-0.15, -0.1) is 0 Å². The molecule has 1 unspecified atom stereocenters. The molecule has 0 aliphatic rings. The molecule has 2 aromatic rings. The molecule has 0 aliphatic carbocycles. The predicted molar refractivity (Wildman–Crippen MR) is 148 cm³/mol. The number of alkyl halides is 1. The van der Waals surface area contributed by atoms with Gasteiger partial charge in [0.1, 0.15) is 0 Å². The number of benzene rings is 2. The summed E-state index contributed by atoms with van der Waals surface area (Å²) in [5.74, 6) is 0.216. The van der Waals surface area contributed by atoms with Crippen LogP contribution in [0.5, 0.6) is 11.5 Å². The molecule has 0 heterocycles. The monoisotopic (exact) mass is 629 g/mol. The minimum atomic E-state index is -2.03. The van der Waals surface area contributed by atoms with Crippen molar-refractivity contribution in [2.45, 2.75) is 45.8 Å². The molecule has 1 atom stereocenters. The number of imide groups is 1. The molecule has 0 fully saturated rings. The van der Waals surface area contributed by atoms with Gasteiger partial charge in [-0.25, -0.2) is 0 Å². The number of hydrogen-bond donors (Lipinski definition) is 0. The van der Waals surface area contributed by atoms with Crippen LogP contribution in [0.25, 0.3) is 0 Å². The molecule has 0 aliphatic heterocycles. The number of rotatable bonds is 8. The van der Waals surface area contributed by atoms with Gasteiger partial charge in [0.2, 0.25) is 0 Å². The first-order valence-electron chi connectivity index (χ1n) is 11.5. The van der Waals surface area contributed by atoms with E-state index in [2.05, 4.69) is 29.2 Å². The summed E-state index contributed by atoms with van der Waals surface area (Å²) < 4.78 is 28.5. The number of amides is 2. The average Bonchev–Trinajstić information content (AvgIpc) is 2.86. The van der Waals surface area contributed by atoms with Crippen molar-refractivity contribution in [3.05, 3.63) is 54.7 Å². The molecular weight excluding hydrogens is 593 g/mol. The molecule has 0 N–H and O–H groups in total. The second-order valence-electron chi connectivity index (χ2n) is 9.13. The van der Waals surface area contributed by atoms with Gasteiger partial charge in [0, 0.05) is 0 Å². The topological polar surface area (TPSA) is 101 Å². The summed E-state index contributed by atoms with van der Waals surface area (Å²) in [7, 11) is 5.40. The zero-order valence-corrected chi connectivity index (χ0v) is 25.0. The van der Waals surface area contributed by atoms with Crippen molar-refractivity contribution < 1.29 is 38.1 Å². The van der Waals surface area contributed by atoms with Gasteiger partial charge in [-0.2, -0.15) is 0 Å². The number of halogens is 1. The molecular formula is C27H36INO8. The third-order valence-electron chi connectivity index (χ3n) is 5.36. The van der Waals surface area contributed by atoms with Crippen LogP contribution < -0.4 is 9.47 Å². The van der Waals surface area contributed by atoms with Gasteiger partial charge in [0.05, 0.1) is 0 Å². The third kappa shape index (κ3) is 7.73. The molecule has 0 bridgehead atoms. The van der Waals surface area contributed by atoms with E-state index < -0.39 is 49.6 Å². The third-order valence-corrected chi connectivity index (χ3v) is 10.7. The SMILES string of the molecule is COC(=O)C(Cc1cc(OC)c(OC)cc1I(C)c1ccc(C)cc1)N(C(=O)OC)C(=O)OC(C)(C)C. The zero-order valence-electron chi connectivity index (χ0n) is 22.8. The molecule has 2 aromatic carbocycles. The summed E-state index contributed by atoms with van der Waals surface area (Å²) in [6.07, 6.45) is -2.08. The molecule has 0 radical (unpaired) electrons. The first-order valence-corrected chi connectivity index (χ1v) is 15.8. The number of ether oxygens (including phenoxy) is 5. The number of aryl methyl sites for hydroxylation is 1. The van der Waals surface area contributed by atoms with Crippen LogP contribution in [0.3, 0.4) is 0 Å². The first kappa shape index (κ1) is 30.2. The number of hydrogen-bond acceptors (Lipinski definition) is 8. The van der Waals surface area contributed by atoms with Crippen LogP contribution in [0.1, 0.15) is 31.9 Å². The first-order chi connectivity index (χ1) is 17.4. The van der Waals surface area contributed by atoms with Crippen molar-refractivity contribution in [2.24, 2.45) is 0 Å². The zero-order chi connectivity index (χ0) is 27.9. The molecule has 9 nitrogen and oxygen atoms in total. The van der Waals surface area contributed by atoms with Crippen LogP contribution in [0.15, 0.2) is 36.4 Å². The van der Waals surface area contributed by atoms with Gasteiger partial charge in [0.15, 0.2) is 0 Å². The number of nitrogens with zero attached hydrogens (tertiary/aromatic N) is 1. The van der Waals surface area contributed by atoms with Gasteiger partial charge >= 0.3 is 226 Å². The molecule has 0 spiro atoms. The van der Waals surface area contributed by atoms with Gasteiger partial charge in [-0.3, -0.25) is 0 Å². The molecule has 0 aromatic heterocycles. The van der Waals surface area contributed by atoms with Crippen LogP contribution in [-0.2, 0) is 25.4 Å². The van der Waals surface area contributed by atoms with E-state index in [0.717, 1.165) is 21.8 Å². The van der Waals surface area contributed by atoms with E-state index in [-0.39, 0.29) is 6.42 Å². The van der Waals surface area contributed by atoms with Gasteiger partial charge in [-0.1, -0.05) is 0 Å². The summed E-state index contributed by atoms with van der Waals surface area (Å²) in [6, 6.07) is 10.6. The van der Waals surface area contributed by atoms with Gasteiger partial charge < -0.3 is 0 Å². The Morgan fingerprint density at radius 1 is 0.892 bits per heavy atom. The standard InChI is InChI=1S/C27H36INO8/c1-17-10-12-19(13-11-17)28(5)20-16-23(34-7)22(33-6)15-18(20)14-21(24(30)35-8)29(25(31)36-9)26(32)37-27(2,3)4/h10-13,15-16,21H,14H2,1-9H3. The quantitative estimate of drug-likeness (QED) is 0.169. The van der Waals surface area contributed by atoms with Crippen LogP contribution in [0, 0.1) is 14.1 Å². The molecule has 0 saturated carbocycles. The summed E-state index contributed by atoms with van der Waals surface area (Å²) in [5, 5.41) is 0. The maximum absolute atomic E-state index is 13.1. The molecule has 2 amide bonds. The van der Waals surface area contributed by atoms with Gasteiger partial charge in [-0.05, 0) is 0 Å². The second-order valence-corrected chi connectivity index (χ2v) is 14.2. The summed E-state index contributed by atoms with van der Waals surface area (Å²) in [4.78, 5) is 41.6. The van der Waals surface area contributed by atoms with Crippen molar-refractivity contribution in [1.82, 2.24) is 4.90 Å². The fourth-order valence-corrected chi connectivity index (χ4v) is 7.79. The van der Waals surface area contributed by atoms with Crippen molar-refractivity contribution >= 4 is 38.0 Å². The van der Waals surface area contributed by atoms with Crippen LogP contribution >= 0.6 is 19.8 Å². The normalized spacial score (nSPS) is 12.2.